The summed E-state index contributed by atoms with van der Waals surface area (Å²) >= 11 is 0. The van der Waals surface area contributed by atoms with Gasteiger partial charge in [-0.25, -0.2) is 8.42 Å². The molecule has 3 rings (SSSR count). The fourth-order valence-corrected chi connectivity index (χ4v) is 5.39. The molecule has 0 radical (unpaired) electrons. The molecule has 1 aromatic carbocycles. The Morgan fingerprint density at radius 2 is 1.41 bits per heavy atom. The number of hydrogen-bond donors (Lipinski definition) is 1. The summed E-state index contributed by atoms with van der Waals surface area (Å²) in [6.07, 6.45) is -6.36. The number of nitrogens with one attached hydrogen (secondary N) is 1. The second kappa shape index (κ2) is 9.18. The summed E-state index contributed by atoms with van der Waals surface area (Å²) in [7, 11) is -4.59. The van der Waals surface area contributed by atoms with Crippen LogP contribution in [0.3, 0.4) is 0 Å². The average molecular weight is 487 g/mol. The van der Waals surface area contributed by atoms with E-state index in [0.29, 0.717) is 0 Å². The van der Waals surface area contributed by atoms with Gasteiger partial charge in [0, 0.05) is 32.2 Å². The van der Waals surface area contributed by atoms with Gasteiger partial charge in [0.25, 0.3) is 0 Å². The third-order valence-electron chi connectivity index (χ3n) is 5.62. The Balaban J connectivity index is 1.70. The van der Waals surface area contributed by atoms with Gasteiger partial charge in [-0.05, 0) is 31.0 Å². The van der Waals surface area contributed by atoms with Crippen LogP contribution in [0.5, 0.6) is 0 Å². The minimum absolute atomic E-state index is 0.0478. The summed E-state index contributed by atoms with van der Waals surface area (Å²) in [5.74, 6) is -0.194. The highest BCUT2D eigenvalue weighted by Gasteiger charge is 2.39. The second-order valence-electron chi connectivity index (χ2n) is 7.97. The fraction of sp³-hybridized carbons (Fsp3) is 0.632. The standard InChI is InChI=1S/C19H23F6N3O3S/c20-18(21,22)13-9-14(19(23,24)25)11-16(10-13)32(30,31)28-7-5-27(6-8-28)12-17(29)26-15-3-1-2-4-15/h9-11,15H,1-8,12H2,(H,26,29). The molecule has 1 aliphatic heterocycles. The number of benzene rings is 1. The number of carbonyl (C=O) groups excluding carboxylic acids is 1. The van der Waals surface area contributed by atoms with Crippen molar-refractivity contribution in [2.45, 2.75) is 49.0 Å². The van der Waals surface area contributed by atoms with Gasteiger partial charge < -0.3 is 5.32 Å². The molecule has 1 amide bonds. The highest BCUT2D eigenvalue weighted by atomic mass is 32.2. The van der Waals surface area contributed by atoms with Gasteiger partial charge in [0.05, 0.1) is 22.6 Å². The monoisotopic (exact) mass is 487 g/mol. The zero-order valence-corrected chi connectivity index (χ0v) is 17.8. The first kappa shape index (κ1) is 24.8. The van der Waals surface area contributed by atoms with E-state index in [1.165, 1.54) is 0 Å². The summed E-state index contributed by atoms with van der Waals surface area (Å²) in [5.41, 5.74) is -3.37. The van der Waals surface area contributed by atoms with E-state index in [-0.39, 0.29) is 62.9 Å². The maximum absolute atomic E-state index is 13.1. The average Bonchev–Trinajstić information content (AvgIpc) is 3.19. The van der Waals surface area contributed by atoms with Crippen molar-refractivity contribution in [3.63, 3.8) is 0 Å². The minimum atomic E-state index is -5.14. The normalized spacial score (nSPS) is 19.9. The first-order chi connectivity index (χ1) is 14.8. The van der Waals surface area contributed by atoms with Crippen LogP contribution >= 0.6 is 0 Å². The van der Waals surface area contributed by atoms with Gasteiger partial charge >= 0.3 is 12.4 Å². The molecule has 2 fully saturated rings. The lowest BCUT2D eigenvalue weighted by Crippen LogP contribution is -2.51. The molecule has 13 heteroatoms. The molecule has 6 nitrogen and oxygen atoms in total. The van der Waals surface area contributed by atoms with Crippen molar-refractivity contribution in [3.05, 3.63) is 29.3 Å². The quantitative estimate of drug-likeness (QED) is 0.649. The molecule has 180 valence electrons. The molecule has 1 aromatic rings. The van der Waals surface area contributed by atoms with Gasteiger partial charge in [0.2, 0.25) is 15.9 Å². The zero-order chi connectivity index (χ0) is 23.7. The fourth-order valence-electron chi connectivity index (χ4n) is 3.90. The number of piperazine rings is 1. The Morgan fingerprint density at radius 1 is 0.906 bits per heavy atom. The van der Waals surface area contributed by atoms with Crippen molar-refractivity contribution in [2.75, 3.05) is 32.7 Å². The van der Waals surface area contributed by atoms with Crippen molar-refractivity contribution >= 4 is 15.9 Å². The lowest BCUT2D eigenvalue weighted by molar-refractivity contribution is -0.143. The van der Waals surface area contributed by atoms with Gasteiger partial charge in [-0.15, -0.1) is 0 Å². The predicted octanol–water partition coefficient (Wildman–Crippen LogP) is 3.09. The van der Waals surface area contributed by atoms with Crippen LogP contribution in [-0.4, -0.2) is 62.3 Å². The third-order valence-corrected chi connectivity index (χ3v) is 7.49. The van der Waals surface area contributed by atoms with Gasteiger partial charge in [-0.3, -0.25) is 9.69 Å². The molecule has 0 bridgehead atoms. The summed E-state index contributed by atoms with van der Waals surface area (Å²) in [6.45, 7) is -0.00966. The molecule has 0 spiro atoms. The SMILES string of the molecule is O=C(CN1CCN(S(=O)(=O)c2cc(C(F)(F)F)cc(C(F)(F)F)c2)CC1)NC1CCCC1. The largest absolute Gasteiger partial charge is 0.416 e. The van der Waals surface area contributed by atoms with E-state index < -0.39 is 38.4 Å². The summed E-state index contributed by atoms with van der Waals surface area (Å²) in [4.78, 5) is 12.8. The van der Waals surface area contributed by atoms with Crippen LogP contribution in [0.25, 0.3) is 0 Å². The van der Waals surface area contributed by atoms with Crippen LogP contribution in [0.4, 0.5) is 26.3 Å². The lowest BCUT2D eigenvalue weighted by Gasteiger charge is -2.34. The van der Waals surface area contributed by atoms with Crippen molar-refractivity contribution in [2.24, 2.45) is 0 Å². The Morgan fingerprint density at radius 3 is 1.88 bits per heavy atom. The summed E-state index contributed by atoms with van der Waals surface area (Å²) in [5, 5.41) is 2.91. The molecule has 0 atom stereocenters. The molecule has 32 heavy (non-hydrogen) atoms. The summed E-state index contributed by atoms with van der Waals surface area (Å²) < 4.78 is 105. The zero-order valence-electron chi connectivity index (χ0n) is 17.0. The minimum Gasteiger partial charge on any atom is -0.352 e. The van der Waals surface area contributed by atoms with Crippen LogP contribution in [0.2, 0.25) is 0 Å². The molecule has 0 unspecified atom stereocenters. The Kier molecular flexibility index (Phi) is 7.11. The maximum Gasteiger partial charge on any atom is 0.416 e. The van der Waals surface area contributed by atoms with Crippen LogP contribution < -0.4 is 5.32 Å². The van der Waals surface area contributed by atoms with E-state index in [1.54, 1.807) is 4.90 Å². The lowest BCUT2D eigenvalue weighted by atomic mass is 10.1. The van der Waals surface area contributed by atoms with Crippen molar-refractivity contribution in [3.8, 4) is 0 Å². The first-order valence-electron chi connectivity index (χ1n) is 10.1. The van der Waals surface area contributed by atoms with Crippen molar-refractivity contribution in [1.82, 2.24) is 14.5 Å². The van der Waals surface area contributed by atoms with Crippen LogP contribution in [0, 0.1) is 0 Å². The van der Waals surface area contributed by atoms with E-state index >= 15 is 0 Å². The molecule has 0 aromatic heterocycles. The number of carbonyl (C=O) groups is 1. The van der Waals surface area contributed by atoms with Crippen LogP contribution in [0.15, 0.2) is 23.1 Å². The topological polar surface area (TPSA) is 69.7 Å². The number of sulfonamides is 1. The number of alkyl halides is 6. The van der Waals surface area contributed by atoms with E-state index in [4.69, 9.17) is 0 Å². The number of nitrogens with zero attached hydrogens (tertiary/aromatic N) is 2. The third kappa shape index (κ3) is 5.93. The smallest absolute Gasteiger partial charge is 0.352 e. The van der Waals surface area contributed by atoms with Gasteiger partial charge in [-0.2, -0.15) is 30.6 Å². The molecule has 1 heterocycles. The number of rotatable bonds is 5. The van der Waals surface area contributed by atoms with E-state index in [2.05, 4.69) is 5.32 Å². The number of amides is 1. The predicted molar refractivity (Wildman–Crippen MR) is 102 cm³/mol. The Hall–Kier alpha value is -1.86. The maximum atomic E-state index is 13.1. The van der Waals surface area contributed by atoms with Crippen molar-refractivity contribution < 1.29 is 39.6 Å². The van der Waals surface area contributed by atoms with E-state index in [9.17, 15) is 39.6 Å². The molecular weight excluding hydrogens is 464 g/mol. The Bertz CT molecular complexity index is 902. The van der Waals surface area contributed by atoms with E-state index in [1.807, 2.05) is 0 Å². The van der Waals surface area contributed by atoms with E-state index in [0.717, 1.165) is 30.0 Å². The molecular formula is C19H23F6N3O3S. The summed E-state index contributed by atoms with van der Waals surface area (Å²) in [6, 6.07) is 0.450. The Labute approximate surface area is 181 Å². The molecule has 1 saturated carbocycles. The first-order valence-corrected chi connectivity index (χ1v) is 11.5. The van der Waals surface area contributed by atoms with Crippen molar-refractivity contribution in [1.29, 1.82) is 0 Å². The van der Waals surface area contributed by atoms with Gasteiger partial charge in [0.15, 0.2) is 0 Å². The number of hydrogen-bond acceptors (Lipinski definition) is 4. The second-order valence-corrected chi connectivity index (χ2v) is 9.91. The molecule has 1 saturated heterocycles. The van der Waals surface area contributed by atoms with Crippen LogP contribution in [-0.2, 0) is 27.2 Å². The highest BCUT2D eigenvalue weighted by molar-refractivity contribution is 7.89. The van der Waals surface area contributed by atoms with Gasteiger partial charge in [-0.1, -0.05) is 12.8 Å². The molecule has 2 aliphatic rings. The molecule has 1 aliphatic carbocycles. The number of halogens is 6. The molecule has 1 N–H and O–H groups in total. The van der Waals surface area contributed by atoms with Crippen LogP contribution in [0.1, 0.15) is 36.8 Å². The highest BCUT2D eigenvalue weighted by Crippen LogP contribution is 2.37. The van der Waals surface area contributed by atoms with Gasteiger partial charge in [0.1, 0.15) is 0 Å².